The Morgan fingerprint density at radius 3 is 1.42 bits per heavy atom. The van der Waals surface area contributed by atoms with Gasteiger partial charge in [-0.3, -0.25) is 0 Å². The van der Waals surface area contributed by atoms with E-state index in [-0.39, 0.29) is 11.8 Å². The maximum absolute atomic E-state index is 5.08. The second-order valence-corrected chi connectivity index (χ2v) is 9.77. The summed E-state index contributed by atoms with van der Waals surface area (Å²) in [7, 11) is 0. The summed E-state index contributed by atoms with van der Waals surface area (Å²) < 4.78 is 0. The Labute approximate surface area is 215 Å². The van der Waals surface area contributed by atoms with Gasteiger partial charge in [-0.15, -0.1) is 0 Å². The fraction of sp³-hybridized carbons (Fsp3) is 0.0667. The quantitative estimate of drug-likeness (QED) is 0.266. The lowest BCUT2D eigenvalue weighted by molar-refractivity contribution is 0.702. The van der Waals surface area contributed by atoms with Crippen molar-refractivity contribution in [1.82, 2.24) is 39.9 Å². The zero-order valence-corrected chi connectivity index (χ0v) is 19.9. The van der Waals surface area contributed by atoms with Gasteiger partial charge in [0.25, 0.3) is 0 Å². The summed E-state index contributed by atoms with van der Waals surface area (Å²) in [5.74, 6) is 2.54. The number of aromatic nitrogens is 8. The van der Waals surface area contributed by atoms with Crippen LogP contribution in [0, 0.1) is 0 Å². The van der Waals surface area contributed by atoms with Crippen LogP contribution < -0.4 is 0 Å². The highest BCUT2D eigenvalue weighted by atomic mass is 15.1. The first-order valence-electron chi connectivity index (χ1n) is 12.6. The van der Waals surface area contributed by atoms with Crippen LogP contribution in [0.1, 0.15) is 46.3 Å². The van der Waals surface area contributed by atoms with Crippen LogP contribution in [0.5, 0.6) is 0 Å². The topological polar surface area (TPSA) is 109 Å². The van der Waals surface area contributed by atoms with Crippen LogP contribution in [-0.2, 0) is 0 Å². The van der Waals surface area contributed by atoms with Gasteiger partial charge in [-0.2, -0.15) is 0 Å². The Balaban J connectivity index is 1.43. The lowest BCUT2D eigenvalue weighted by Crippen LogP contribution is -2.18. The summed E-state index contributed by atoms with van der Waals surface area (Å²) in [6.07, 6.45) is 3.75. The molecule has 0 spiro atoms. The van der Waals surface area contributed by atoms with Gasteiger partial charge in [-0.25, -0.2) is 29.9 Å². The van der Waals surface area contributed by atoms with Gasteiger partial charge in [-0.05, 0) is 69.1 Å². The first kappa shape index (κ1) is 19.9. The lowest BCUT2D eigenvalue weighted by atomic mass is 9.69. The number of H-pyrrole nitrogens is 2. The second-order valence-electron chi connectivity index (χ2n) is 9.77. The molecular weight excluding hydrogens is 472 g/mol. The molecule has 38 heavy (non-hydrogen) atoms. The molecule has 3 aromatic carbocycles. The van der Waals surface area contributed by atoms with Crippen LogP contribution in [0.3, 0.4) is 0 Å². The molecule has 178 valence electrons. The third kappa shape index (κ3) is 2.74. The molecule has 2 unspecified atom stereocenters. The van der Waals surface area contributed by atoms with Gasteiger partial charge >= 0.3 is 0 Å². The molecule has 0 saturated carbocycles. The number of nitrogens with one attached hydrogen (secondary N) is 2. The Kier molecular flexibility index (Phi) is 3.75. The van der Waals surface area contributed by atoms with Crippen LogP contribution in [-0.4, -0.2) is 39.9 Å². The maximum Gasteiger partial charge on any atom is 0.156 e. The van der Waals surface area contributed by atoms with E-state index in [0.29, 0.717) is 34.2 Å². The molecule has 2 atom stereocenters. The highest BCUT2D eigenvalue weighted by Crippen LogP contribution is 2.56. The van der Waals surface area contributed by atoms with Crippen molar-refractivity contribution in [3.05, 3.63) is 107 Å². The molecular formula is C30H18N8. The van der Waals surface area contributed by atoms with E-state index in [2.05, 4.69) is 73.5 Å². The fourth-order valence-electron chi connectivity index (χ4n) is 6.17. The highest BCUT2D eigenvalue weighted by molar-refractivity contribution is 6.09. The number of aromatic amines is 2. The molecule has 8 heteroatoms. The first-order chi connectivity index (χ1) is 18.8. The van der Waals surface area contributed by atoms with E-state index < -0.39 is 0 Å². The molecule has 8 nitrogen and oxygen atoms in total. The highest BCUT2D eigenvalue weighted by Gasteiger charge is 2.44. The molecule has 10 bridgehead atoms. The summed E-state index contributed by atoms with van der Waals surface area (Å²) in [5.41, 5.74) is 5.27. The van der Waals surface area contributed by atoms with Gasteiger partial charge in [0.05, 0.1) is 11.8 Å². The number of rotatable bonds is 0. The standard InChI is InChI=1S/C30H18N8/c1-2-6-16-15(5-1)25-17-7-3-4-8-18(17)26(16)28-27(25)29-36-23-13-11-21(34-23)32-19-9-10-20(31-19)33-22-12-14-24(35-22)37-30(28)38-29/h1-14,27-28H,(H2,31,32,33,34,35,36,37,38). The van der Waals surface area contributed by atoms with E-state index >= 15 is 0 Å². The molecule has 6 aromatic rings. The molecule has 0 amide bonds. The van der Waals surface area contributed by atoms with Crippen molar-refractivity contribution in [1.29, 1.82) is 0 Å². The van der Waals surface area contributed by atoms with Crippen molar-refractivity contribution >= 4 is 56.3 Å². The van der Waals surface area contributed by atoms with E-state index in [1.807, 2.05) is 36.4 Å². The number of fused-ring (bicyclic) bond motifs is 8. The zero-order valence-electron chi connectivity index (χ0n) is 19.9. The van der Waals surface area contributed by atoms with E-state index in [9.17, 15) is 0 Å². The summed E-state index contributed by atoms with van der Waals surface area (Å²) in [6, 6.07) is 24.9. The van der Waals surface area contributed by atoms with Gasteiger partial charge in [0, 0.05) is 0 Å². The summed E-state index contributed by atoms with van der Waals surface area (Å²) in [5, 5.41) is 4.97. The molecule has 2 aliphatic heterocycles. The SMILES string of the molecule is C1=Cc2nc1nc1nc(nc3ccc(nc4ccc(n2)[nH]4)[nH]3)C2c3c4ccccc4c(c4ccccc34)C12. The van der Waals surface area contributed by atoms with Crippen molar-refractivity contribution in [2.24, 2.45) is 0 Å². The smallest absolute Gasteiger partial charge is 0.156 e. The Hall–Kier alpha value is -5.24. The minimum atomic E-state index is -0.0500. The molecule has 3 aromatic heterocycles. The van der Waals surface area contributed by atoms with Gasteiger partial charge in [-0.1, -0.05) is 48.5 Å². The third-order valence-electron chi connectivity index (χ3n) is 7.62. The minimum absolute atomic E-state index is 0.0439. The van der Waals surface area contributed by atoms with Crippen LogP contribution in [0.25, 0.3) is 56.3 Å². The molecule has 2 N–H and O–H groups in total. The predicted octanol–water partition coefficient (Wildman–Crippen LogP) is 5.65. The van der Waals surface area contributed by atoms with Crippen molar-refractivity contribution < 1.29 is 0 Å². The Bertz CT molecular complexity index is 2110. The minimum Gasteiger partial charge on any atom is -0.325 e. The van der Waals surface area contributed by atoms with Crippen molar-refractivity contribution in [2.45, 2.75) is 11.8 Å². The fourth-order valence-corrected chi connectivity index (χ4v) is 6.17. The summed E-state index contributed by atoms with van der Waals surface area (Å²) in [4.78, 5) is 35.6. The number of hydrogen-bond acceptors (Lipinski definition) is 6. The van der Waals surface area contributed by atoms with Crippen molar-refractivity contribution in [2.75, 3.05) is 0 Å². The third-order valence-corrected chi connectivity index (χ3v) is 7.62. The largest absolute Gasteiger partial charge is 0.325 e. The van der Waals surface area contributed by atoms with E-state index in [4.69, 9.17) is 15.0 Å². The molecule has 0 radical (unpaired) electrons. The van der Waals surface area contributed by atoms with Crippen molar-refractivity contribution in [3.63, 3.8) is 0 Å². The average Bonchev–Trinajstić information content (AvgIpc) is 3.74. The normalized spacial score (nSPS) is 17.4. The Morgan fingerprint density at radius 1 is 0.421 bits per heavy atom. The first-order valence-corrected chi connectivity index (χ1v) is 12.6. The average molecular weight is 491 g/mol. The van der Waals surface area contributed by atoms with Gasteiger partial charge < -0.3 is 9.97 Å². The molecule has 10 rings (SSSR count). The van der Waals surface area contributed by atoms with Crippen LogP contribution in [0.2, 0.25) is 0 Å². The predicted molar refractivity (Wildman–Crippen MR) is 146 cm³/mol. The van der Waals surface area contributed by atoms with E-state index in [1.54, 1.807) is 0 Å². The van der Waals surface area contributed by atoms with E-state index in [1.165, 1.54) is 32.7 Å². The molecule has 4 aliphatic rings. The monoisotopic (exact) mass is 490 g/mol. The molecule has 0 fully saturated rings. The lowest BCUT2D eigenvalue weighted by Gasteiger charge is -2.32. The Morgan fingerprint density at radius 2 is 0.868 bits per heavy atom. The van der Waals surface area contributed by atoms with Crippen LogP contribution in [0.4, 0.5) is 0 Å². The van der Waals surface area contributed by atoms with Crippen LogP contribution >= 0.6 is 0 Å². The van der Waals surface area contributed by atoms with Gasteiger partial charge in [0.2, 0.25) is 0 Å². The molecule has 5 heterocycles. The second kappa shape index (κ2) is 7.17. The zero-order chi connectivity index (χ0) is 24.8. The maximum atomic E-state index is 5.08. The van der Waals surface area contributed by atoms with Crippen molar-refractivity contribution in [3.8, 4) is 0 Å². The number of benzene rings is 3. The molecule has 0 saturated heterocycles. The summed E-state index contributed by atoms with van der Waals surface area (Å²) in [6.45, 7) is 0. The van der Waals surface area contributed by atoms with Gasteiger partial charge in [0.15, 0.2) is 11.6 Å². The van der Waals surface area contributed by atoms with Gasteiger partial charge in [0.1, 0.15) is 34.2 Å². The summed E-state index contributed by atoms with van der Waals surface area (Å²) >= 11 is 0. The number of nitrogens with zero attached hydrogens (tertiary/aromatic N) is 6. The molecule has 2 aliphatic carbocycles. The van der Waals surface area contributed by atoms with Crippen LogP contribution in [0.15, 0.2) is 72.8 Å². The van der Waals surface area contributed by atoms with E-state index in [0.717, 1.165) is 11.6 Å². The number of hydrogen-bond donors (Lipinski definition) is 2.